The number of carbonyl (C=O) groups is 1. The molecule has 158 valence electrons. The summed E-state index contributed by atoms with van der Waals surface area (Å²) in [6, 6.07) is 5.87. The van der Waals surface area contributed by atoms with Gasteiger partial charge in [0, 0.05) is 38.6 Å². The Morgan fingerprint density at radius 3 is 2.87 bits per heavy atom. The maximum absolute atomic E-state index is 12.3. The molecule has 1 saturated heterocycles. The number of carbonyl (C=O) groups excluding carboxylic acids is 1. The molecule has 9 heteroatoms. The lowest BCUT2D eigenvalue weighted by Gasteiger charge is -2.28. The number of pyridine rings is 2. The number of rotatable bonds is 6. The minimum absolute atomic E-state index is 0.110. The van der Waals surface area contributed by atoms with E-state index in [0.717, 1.165) is 46.8 Å². The maximum atomic E-state index is 12.3. The molecule has 1 aliphatic heterocycles. The third-order valence-electron chi connectivity index (χ3n) is 5.06. The first kappa shape index (κ1) is 20.1. The molecule has 30 heavy (non-hydrogen) atoms. The molecule has 1 fully saturated rings. The van der Waals surface area contributed by atoms with E-state index in [-0.39, 0.29) is 12.5 Å². The molecule has 4 rings (SSSR count). The Balaban J connectivity index is 1.35. The predicted octanol–water partition coefficient (Wildman–Crippen LogP) is 1.51. The van der Waals surface area contributed by atoms with Crippen LogP contribution >= 0.6 is 0 Å². The molecule has 4 heterocycles. The number of aromatic nitrogens is 4. The second-order valence-electron chi connectivity index (χ2n) is 7.40. The van der Waals surface area contributed by atoms with E-state index in [1.807, 2.05) is 39.1 Å². The fourth-order valence-corrected chi connectivity index (χ4v) is 3.57. The van der Waals surface area contributed by atoms with Crippen molar-refractivity contribution in [2.24, 2.45) is 7.05 Å². The van der Waals surface area contributed by atoms with E-state index in [1.54, 1.807) is 10.9 Å². The quantitative estimate of drug-likeness (QED) is 0.658. The molecule has 0 saturated carbocycles. The van der Waals surface area contributed by atoms with E-state index in [9.17, 15) is 4.79 Å². The Morgan fingerprint density at radius 1 is 1.27 bits per heavy atom. The van der Waals surface area contributed by atoms with Gasteiger partial charge in [0.2, 0.25) is 5.88 Å². The van der Waals surface area contributed by atoms with Gasteiger partial charge in [-0.05, 0) is 43.2 Å². The van der Waals surface area contributed by atoms with E-state index in [0.29, 0.717) is 25.6 Å². The summed E-state index contributed by atoms with van der Waals surface area (Å²) in [5.74, 6) is 1.11. The van der Waals surface area contributed by atoms with Gasteiger partial charge in [0.05, 0.1) is 18.6 Å². The van der Waals surface area contributed by atoms with E-state index >= 15 is 0 Å². The molecule has 9 nitrogen and oxygen atoms in total. The lowest BCUT2D eigenvalue weighted by atomic mass is 10.2. The highest BCUT2D eigenvalue weighted by Crippen LogP contribution is 2.27. The largest absolute Gasteiger partial charge is 0.466 e. The highest BCUT2D eigenvalue weighted by molar-refractivity contribution is 5.85. The first-order chi connectivity index (χ1) is 14.5. The summed E-state index contributed by atoms with van der Waals surface area (Å²) < 4.78 is 12.8. The molecule has 0 spiro atoms. The summed E-state index contributed by atoms with van der Waals surface area (Å²) in [7, 11) is 1.82. The summed E-state index contributed by atoms with van der Waals surface area (Å²) in [5.41, 5.74) is 3.67. The number of hydrogen-bond acceptors (Lipinski definition) is 7. The van der Waals surface area contributed by atoms with Gasteiger partial charge in [0.1, 0.15) is 5.82 Å². The first-order valence-electron chi connectivity index (χ1n) is 9.99. The molecule has 3 aromatic heterocycles. The lowest BCUT2D eigenvalue weighted by Crippen LogP contribution is -2.36. The molecule has 0 unspecified atom stereocenters. The Labute approximate surface area is 175 Å². The van der Waals surface area contributed by atoms with E-state index in [1.165, 1.54) is 0 Å². The van der Waals surface area contributed by atoms with Gasteiger partial charge in [0.15, 0.2) is 12.3 Å². The molecule has 3 aromatic rings. The average Bonchev–Trinajstić information content (AvgIpc) is 3.07. The normalized spacial score (nSPS) is 14.2. The zero-order valence-corrected chi connectivity index (χ0v) is 17.5. The zero-order chi connectivity index (χ0) is 21.1. The number of fused-ring (bicyclic) bond motifs is 1. The van der Waals surface area contributed by atoms with E-state index in [4.69, 9.17) is 9.47 Å². The highest BCUT2D eigenvalue weighted by Gasteiger charge is 2.16. The predicted molar refractivity (Wildman–Crippen MR) is 113 cm³/mol. The van der Waals surface area contributed by atoms with Gasteiger partial charge in [-0.25, -0.2) is 14.6 Å². The Hall–Kier alpha value is -3.20. The van der Waals surface area contributed by atoms with Gasteiger partial charge in [0.25, 0.3) is 5.91 Å². The summed E-state index contributed by atoms with van der Waals surface area (Å²) in [5, 5.41) is 8.10. The van der Waals surface area contributed by atoms with E-state index < -0.39 is 0 Å². The summed E-state index contributed by atoms with van der Waals surface area (Å²) in [4.78, 5) is 23.4. The van der Waals surface area contributed by atoms with Crippen LogP contribution in [-0.4, -0.2) is 58.6 Å². The number of aryl methyl sites for hydroxylation is 3. The Bertz CT molecular complexity index is 1060. The fraction of sp³-hybridized carbons (Fsp3) is 0.429. The first-order valence-corrected chi connectivity index (χ1v) is 9.99. The van der Waals surface area contributed by atoms with Crippen LogP contribution in [0.3, 0.4) is 0 Å². The van der Waals surface area contributed by atoms with Crippen molar-refractivity contribution in [3.8, 4) is 5.88 Å². The van der Waals surface area contributed by atoms with Crippen LogP contribution in [0.5, 0.6) is 5.88 Å². The van der Waals surface area contributed by atoms with Gasteiger partial charge in [-0.1, -0.05) is 0 Å². The molecule has 0 atom stereocenters. The number of hydrogen-bond donors (Lipinski definition) is 1. The lowest BCUT2D eigenvalue weighted by molar-refractivity contribution is -0.123. The van der Waals surface area contributed by atoms with Crippen molar-refractivity contribution in [3.05, 3.63) is 41.2 Å². The fourth-order valence-electron chi connectivity index (χ4n) is 3.57. The second kappa shape index (κ2) is 8.66. The smallest absolute Gasteiger partial charge is 0.258 e. The van der Waals surface area contributed by atoms with Crippen LogP contribution in [-0.2, 0) is 23.1 Å². The van der Waals surface area contributed by atoms with Crippen LogP contribution < -0.4 is 15.0 Å². The maximum Gasteiger partial charge on any atom is 0.258 e. The summed E-state index contributed by atoms with van der Waals surface area (Å²) >= 11 is 0. The van der Waals surface area contributed by atoms with Crippen LogP contribution in [0.1, 0.15) is 16.8 Å². The number of nitrogens with one attached hydrogen (secondary N) is 1. The van der Waals surface area contributed by atoms with Gasteiger partial charge in [-0.15, -0.1) is 5.10 Å². The third-order valence-corrected chi connectivity index (χ3v) is 5.06. The van der Waals surface area contributed by atoms with Gasteiger partial charge in [-0.2, -0.15) is 0 Å². The molecule has 0 bridgehead atoms. The number of morpholine rings is 1. The molecular formula is C21H26N6O3. The van der Waals surface area contributed by atoms with Crippen molar-refractivity contribution in [1.29, 1.82) is 0 Å². The minimum Gasteiger partial charge on any atom is -0.466 e. The molecule has 1 N–H and O–H groups in total. The zero-order valence-electron chi connectivity index (χ0n) is 17.5. The highest BCUT2D eigenvalue weighted by atomic mass is 16.5. The van der Waals surface area contributed by atoms with Crippen molar-refractivity contribution in [3.63, 3.8) is 0 Å². The van der Waals surface area contributed by atoms with E-state index in [2.05, 4.69) is 25.3 Å². The molecule has 0 radical (unpaired) electrons. The minimum atomic E-state index is -0.212. The monoisotopic (exact) mass is 410 g/mol. The Kier molecular flexibility index (Phi) is 5.80. The van der Waals surface area contributed by atoms with Gasteiger partial charge >= 0.3 is 0 Å². The van der Waals surface area contributed by atoms with Crippen LogP contribution in [0.2, 0.25) is 0 Å². The number of amides is 1. The van der Waals surface area contributed by atoms with Crippen molar-refractivity contribution in [1.82, 2.24) is 25.1 Å². The number of anilines is 1. The van der Waals surface area contributed by atoms with Crippen LogP contribution in [0.25, 0.3) is 11.0 Å². The second-order valence-corrected chi connectivity index (χ2v) is 7.40. The van der Waals surface area contributed by atoms with Gasteiger partial charge in [-0.3, -0.25) is 4.79 Å². The number of ether oxygens (including phenoxy) is 2. The topological polar surface area (TPSA) is 94.4 Å². The summed E-state index contributed by atoms with van der Waals surface area (Å²) in [6.45, 7) is 7.28. The SMILES string of the molecule is Cc1cc(C)c2c(OCC(=O)NCc3ccnc(N4CCOCC4)c3)nn(C)c2n1. The molecule has 1 aliphatic rings. The molecule has 1 amide bonds. The van der Waals surface area contributed by atoms with Crippen LogP contribution in [0.15, 0.2) is 24.4 Å². The molecule has 0 aromatic carbocycles. The van der Waals surface area contributed by atoms with Crippen molar-refractivity contribution >= 4 is 22.8 Å². The van der Waals surface area contributed by atoms with Gasteiger partial charge < -0.3 is 19.7 Å². The van der Waals surface area contributed by atoms with Crippen molar-refractivity contribution in [2.75, 3.05) is 37.8 Å². The number of nitrogens with zero attached hydrogens (tertiary/aromatic N) is 5. The summed E-state index contributed by atoms with van der Waals surface area (Å²) in [6.07, 6.45) is 1.76. The molecule has 0 aliphatic carbocycles. The average molecular weight is 410 g/mol. The molecular weight excluding hydrogens is 384 g/mol. The Morgan fingerprint density at radius 2 is 2.07 bits per heavy atom. The standard InChI is InChI=1S/C21H26N6O3/c1-14-10-15(2)24-20-19(14)21(25-26(20)3)30-13-18(28)23-12-16-4-5-22-17(11-16)27-6-8-29-9-7-27/h4-5,10-11H,6-9,12-13H2,1-3H3,(H,23,28). The van der Waals surface area contributed by atoms with Crippen molar-refractivity contribution < 1.29 is 14.3 Å². The van der Waals surface area contributed by atoms with Crippen LogP contribution in [0.4, 0.5) is 5.82 Å². The van der Waals surface area contributed by atoms with Crippen molar-refractivity contribution in [2.45, 2.75) is 20.4 Å². The third kappa shape index (κ3) is 4.35. The van der Waals surface area contributed by atoms with Crippen LogP contribution in [0, 0.1) is 13.8 Å².